The van der Waals surface area contributed by atoms with Gasteiger partial charge in [0.15, 0.2) is 11.5 Å². The Hall–Kier alpha value is -2.42. The normalized spacial score (nSPS) is 11.2. The van der Waals surface area contributed by atoms with E-state index in [2.05, 4.69) is 10.1 Å². The van der Waals surface area contributed by atoms with Crippen molar-refractivity contribution in [2.24, 2.45) is 0 Å². The molecule has 2 aromatic heterocycles. The minimum atomic E-state index is -3.77. The summed E-state index contributed by atoms with van der Waals surface area (Å²) in [7, 11) is -3.77. The predicted octanol–water partition coefficient (Wildman–Crippen LogP) is 1.17. The molecule has 118 valence electrons. The zero-order chi connectivity index (χ0) is 16.2. The van der Waals surface area contributed by atoms with Gasteiger partial charge in [-0.2, -0.15) is 18.2 Å². The minimum absolute atomic E-state index is 0.0613. The van der Waals surface area contributed by atoms with Gasteiger partial charge in [0.05, 0.1) is 12.4 Å². The lowest BCUT2D eigenvalue weighted by atomic mass is 10.4. The monoisotopic (exact) mass is 325 g/mol. The number of nitrogens with zero attached hydrogens (tertiary/aromatic N) is 3. The van der Waals surface area contributed by atoms with Crippen molar-refractivity contribution in [3.05, 3.63) is 36.2 Å². The van der Waals surface area contributed by atoms with Crippen LogP contribution in [0.5, 0.6) is 5.88 Å². The van der Waals surface area contributed by atoms with Crippen LogP contribution in [0.1, 0.15) is 24.3 Å². The van der Waals surface area contributed by atoms with Crippen molar-refractivity contribution in [3.63, 3.8) is 0 Å². The minimum Gasteiger partial charge on any atom is -0.461 e. The van der Waals surface area contributed by atoms with Gasteiger partial charge in [0.1, 0.15) is 0 Å². The second-order valence-corrected chi connectivity index (χ2v) is 5.98. The quantitative estimate of drug-likeness (QED) is 0.580. The van der Waals surface area contributed by atoms with E-state index < -0.39 is 16.1 Å². The van der Waals surface area contributed by atoms with Crippen LogP contribution in [0.3, 0.4) is 0 Å². The zero-order valence-corrected chi connectivity index (χ0v) is 12.9. The predicted molar refractivity (Wildman–Crippen MR) is 77.4 cm³/mol. The third-order valence-corrected chi connectivity index (χ3v) is 3.73. The summed E-state index contributed by atoms with van der Waals surface area (Å²) in [6.45, 7) is 3.29. The molecule has 0 unspecified atom stereocenters. The van der Waals surface area contributed by atoms with Gasteiger partial charge in [0, 0.05) is 12.3 Å². The number of carbonyl (C=O) groups excluding carboxylic acids is 1. The Balaban J connectivity index is 2.47. The molecule has 0 aliphatic carbocycles. The fourth-order valence-corrected chi connectivity index (χ4v) is 2.06. The van der Waals surface area contributed by atoms with E-state index in [1.807, 2.05) is 0 Å². The summed E-state index contributed by atoms with van der Waals surface area (Å²) in [4.78, 5) is 15.8. The van der Waals surface area contributed by atoms with Crippen molar-refractivity contribution in [1.82, 2.24) is 14.8 Å². The molecule has 2 heterocycles. The number of esters is 1. The first-order chi connectivity index (χ1) is 10.5. The van der Waals surface area contributed by atoms with E-state index >= 15 is 0 Å². The highest BCUT2D eigenvalue weighted by molar-refractivity contribution is 7.87. The second-order valence-electron chi connectivity index (χ2n) is 4.12. The van der Waals surface area contributed by atoms with E-state index in [1.165, 1.54) is 19.2 Å². The molecule has 8 nitrogen and oxygen atoms in total. The Labute approximate surface area is 127 Å². The first-order valence-electron chi connectivity index (χ1n) is 6.57. The largest absolute Gasteiger partial charge is 0.461 e. The molecular weight excluding hydrogens is 310 g/mol. The summed E-state index contributed by atoms with van der Waals surface area (Å²) < 4.78 is 34.3. The van der Waals surface area contributed by atoms with Gasteiger partial charge in [-0.3, -0.25) is 0 Å². The highest BCUT2D eigenvalue weighted by Gasteiger charge is 2.21. The van der Waals surface area contributed by atoms with Gasteiger partial charge in [0.25, 0.3) is 0 Å². The van der Waals surface area contributed by atoms with Crippen molar-refractivity contribution in [2.45, 2.75) is 13.8 Å². The van der Waals surface area contributed by atoms with Crippen LogP contribution in [0.25, 0.3) is 5.82 Å². The number of hydrogen-bond donors (Lipinski definition) is 0. The van der Waals surface area contributed by atoms with E-state index in [9.17, 15) is 13.2 Å². The topological polar surface area (TPSA) is 100 Å². The molecule has 0 aliphatic heterocycles. The second kappa shape index (κ2) is 6.56. The molecule has 2 rings (SSSR count). The summed E-state index contributed by atoms with van der Waals surface area (Å²) in [5.74, 6) is -0.686. The van der Waals surface area contributed by atoms with Crippen LogP contribution >= 0.6 is 0 Å². The molecule has 0 spiro atoms. The van der Waals surface area contributed by atoms with Crippen molar-refractivity contribution < 1.29 is 22.1 Å². The van der Waals surface area contributed by atoms with Crippen molar-refractivity contribution in [1.29, 1.82) is 0 Å². The highest BCUT2D eigenvalue weighted by atomic mass is 32.2. The fourth-order valence-electron chi connectivity index (χ4n) is 1.56. The summed E-state index contributed by atoms with van der Waals surface area (Å²) in [6, 6.07) is 6.21. The van der Waals surface area contributed by atoms with Crippen LogP contribution in [-0.2, 0) is 14.9 Å². The smallest absolute Gasteiger partial charge is 0.358 e. The first-order valence-corrected chi connectivity index (χ1v) is 8.15. The van der Waals surface area contributed by atoms with Crippen LogP contribution in [-0.4, -0.2) is 41.5 Å². The van der Waals surface area contributed by atoms with Crippen LogP contribution < -0.4 is 4.18 Å². The van der Waals surface area contributed by atoms with Gasteiger partial charge in [0.2, 0.25) is 5.88 Å². The van der Waals surface area contributed by atoms with Gasteiger partial charge in [-0.15, -0.1) is 0 Å². The first kappa shape index (κ1) is 16.0. The van der Waals surface area contributed by atoms with E-state index in [-0.39, 0.29) is 23.9 Å². The SMILES string of the molecule is CCOC(=O)c1cc(OS(=O)(=O)CC)n(-c2ccccn2)n1. The fraction of sp³-hybridized carbons (Fsp3) is 0.308. The lowest BCUT2D eigenvalue weighted by Gasteiger charge is -2.06. The third kappa shape index (κ3) is 3.61. The van der Waals surface area contributed by atoms with E-state index in [4.69, 9.17) is 8.92 Å². The molecule has 0 aliphatic rings. The molecule has 0 saturated heterocycles. The van der Waals surface area contributed by atoms with E-state index in [0.29, 0.717) is 5.82 Å². The molecule has 0 saturated carbocycles. The van der Waals surface area contributed by atoms with Gasteiger partial charge in [-0.05, 0) is 26.0 Å². The molecule has 0 aromatic carbocycles. The van der Waals surface area contributed by atoms with Crippen LogP contribution in [0.4, 0.5) is 0 Å². The Morgan fingerprint density at radius 1 is 1.32 bits per heavy atom. The average Bonchev–Trinajstić information content (AvgIpc) is 2.91. The van der Waals surface area contributed by atoms with E-state index in [0.717, 1.165) is 4.68 Å². The van der Waals surface area contributed by atoms with E-state index in [1.54, 1.807) is 25.1 Å². The molecule has 22 heavy (non-hydrogen) atoms. The van der Waals surface area contributed by atoms with Gasteiger partial charge >= 0.3 is 16.1 Å². The zero-order valence-electron chi connectivity index (χ0n) is 12.1. The Bertz CT molecular complexity index is 755. The molecule has 0 amide bonds. The summed E-state index contributed by atoms with van der Waals surface area (Å²) >= 11 is 0. The Kier molecular flexibility index (Phi) is 4.76. The standard InChI is InChI=1S/C13H15N3O5S/c1-3-20-13(17)10-9-12(21-22(18,19)4-2)16(15-10)11-7-5-6-8-14-11/h5-9H,3-4H2,1-2H3. The van der Waals surface area contributed by atoms with Gasteiger partial charge in [-0.1, -0.05) is 6.07 Å². The summed E-state index contributed by atoms with van der Waals surface area (Å²) in [5, 5.41) is 4.01. The number of rotatable bonds is 6. The van der Waals surface area contributed by atoms with Crippen molar-refractivity contribution in [2.75, 3.05) is 12.4 Å². The number of ether oxygens (including phenoxy) is 1. The maximum atomic E-state index is 11.8. The molecule has 0 N–H and O–H groups in total. The highest BCUT2D eigenvalue weighted by Crippen LogP contribution is 2.20. The molecule has 0 atom stereocenters. The molecule has 2 aromatic rings. The van der Waals surface area contributed by atoms with Crippen LogP contribution in [0.15, 0.2) is 30.5 Å². The van der Waals surface area contributed by atoms with Crippen LogP contribution in [0.2, 0.25) is 0 Å². The molecule has 0 fully saturated rings. The third-order valence-electron chi connectivity index (χ3n) is 2.59. The number of hydrogen-bond acceptors (Lipinski definition) is 7. The van der Waals surface area contributed by atoms with Crippen molar-refractivity contribution >= 4 is 16.1 Å². The number of aromatic nitrogens is 3. The van der Waals surface area contributed by atoms with Gasteiger partial charge < -0.3 is 8.92 Å². The molecule has 9 heteroatoms. The van der Waals surface area contributed by atoms with Crippen molar-refractivity contribution in [3.8, 4) is 11.7 Å². The van der Waals surface area contributed by atoms with Gasteiger partial charge in [-0.25, -0.2) is 9.78 Å². The molecule has 0 radical (unpaired) electrons. The molecular formula is C13H15N3O5S. The Morgan fingerprint density at radius 2 is 2.09 bits per heavy atom. The average molecular weight is 325 g/mol. The number of pyridine rings is 1. The maximum Gasteiger partial charge on any atom is 0.358 e. The molecule has 0 bridgehead atoms. The lowest BCUT2D eigenvalue weighted by Crippen LogP contribution is -2.14. The maximum absolute atomic E-state index is 11.8. The number of carbonyl (C=O) groups is 1. The Morgan fingerprint density at radius 3 is 2.68 bits per heavy atom. The lowest BCUT2D eigenvalue weighted by molar-refractivity contribution is 0.0519. The summed E-state index contributed by atoms with van der Waals surface area (Å²) in [5.41, 5.74) is -0.0613. The van der Waals surface area contributed by atoms with Crippen LogP contribution in [0, 0.1) is 0 Å². The summed E-state index contributed by atoms with van der Waals surface area (Å²) in [6.07, 6.45) is 1.51.